The Morgan fingerprint density at radius 1 is 0.643 bits per heavy atom. The SMILES string of the molecule is Clc1cc(Cl)c2c(Cl)cc(Cl)cc2c1. The minimum absolute atomic E-state index is 0.536. The van der Waals surface area contributed by atoms with E-state index in [0.29, 0.717) is 20.1 Å². The van der Waals surface area contributed by atoms with E-state index in [1.165, 1.54) is 0 Å². The first-order valence-electron chi connectivity index (χ1n) is 3.82. The van der Waals surface area contributed by atoms with Gasteiger partial charge in [0.2, 0.25) is 0 Å². The number of halogens is 4. The van der Waals surface area contributed by atoms with Crippen LogP contribution in [0.25, 0.3) is 10.8 Å². The molecule has 0 radical (unpaired) electrons. The van der Waals surface area contributed by atoms with Crippen LogP contribution in [0.2, 0.25) is 20.1 Å². The van der Waals surface area contributed by atoms with Gasteiger partial charge in [-0.25, -0.2) is 0 Å². The average molecular weight is 266 g/mol. The maximum atomic E-state index is 6.01. The lowest BCUT2D eigenvalue weighted by Gasteiger charge is -2.04. The van der Waals surface area contributed by atoms with Crippen molar-refractivity contribution in [3.63, 3.8) is 0 Å². The molecule has 0 unspecified atom stereocenters. The van der Waals surface area contributed by atoms with E-state index in [4.69, 9.17) is 46.4 Å². The van der Waals surface area contributed by atoms with Gasteiger partial charge in [-0.15, -0.1) is 0 Å². The van der Waals surface area contributed by atoms with Gasteiger partial charge in [0.15, 0.2) is 0 Å². The van der Waals surface area contributed by atoms with Gasteiger partial charge in [-0.2, -0.15) is 0 Å². The van der Waals surface area contributed by atoms with Crippen molar-refractivity contribution >= 4 is 57.2 Å². The van der Waals surface area contributed by atoms with Crippen LogP contribution in [0.5, 0.6) is 0 Å². The number of benzene rings is 2. The molecule has 0 saturated heterocycles. The second kappa shape index (κ2) is 3.79. The van der Waals surface area contributed by atoms with Crippen LogP contribution < -0.4 is 0 Å². The lowest BCUT2D eigenvalue weighted by atomic mass is 10.1. The fourth-order valence-electron chi connectivity index (χ4n) is 1.34. The molecule has 2 aromatic carbocycles. The Balaban J connectivity index is 2.94. The zero-order chi connectivity index (χ0) is 10.3. The summed E-state index contributed by atoms with van der Waals surface area (Å²) in [5.74, 6) is 0. The number of hydrogen-bond donors (Lipinski definition) is 0. The van der Waals surface area contributed by atoms with Crippen LogP contribution in [0, 0.1) is 0 Å². The van der Waals surface area contributed by atoms with Crippen molar-refractivity contribution in [2.24, 2.45) is 0 Å². The summed E-state index contributed by atoms with van der Waals surface area (Å²) in [4.78, 5) is 0. The topological polar surface area (TPSA) is 0 Å². The largest absolute Gasteiger partial charge is 0.0843 e. The predicted octanol–water partition coefficient (Wildman–Crippen LogP) is 5.45. The average Bonchev–Trinajstić information content (AvgIpc) is 1.99. The first-order valence-corrected chi connectivity index (χ1v) is 5.33. The lowest BCUT2D eigenvalue weighted by Crippen LogP contribution is -1.78. The van der Waals surface area contributed by atoms with Gasteiger partial charge in [-0.1, -0.05) is 46.4 Å². The third-order valence-electron chi connectivity index (χ3n) is 1.88. The molecule has 0 aliphatic heterocycles. The molecule has 0 bridgehead atoms. The van der Waals surface area contributed by atoms with Gasteiger partial charge in [-0.05, 0) is 29.7 Å². The second-order valence-corrected chi connectivity index (χ2v) is 4.56. The van der Waals surface area contributed by atoms with Crippen molar-refractivity contribution in [1.82, 2.24) is 0 Å². The first kappa shape index (κ1) is 10.4. The maximum absolute atomic E-state index is 6.01. The van der Waals surface area contributed by atoms with E-state index in [2.05, 4.69) is 0 Å². The zero-order valence-electron chi connectivity index (χ0n) is 6.82. The van der Waals surface area contributed by atoms with Gasteiger partial charge >= 0.3 is 0 Å². The molecule has 0 aromatic heterocycles. The number of fused-ring (bicyclic) bond motifs is 1. The van der Waals surface area contributed by atoms with Gasteiger partial charge < -0.3 is 0 Å². The summed E-state index contributed by atoms with van der Waals surface area (Å²) in [7, 11) is 0. The predicted molar refractivity (Wildman–Crippen MR) is 64.0 cm³/mol. The van der Waals surface area contributed by atoms with E-state index in [1.807, 2.05) is 0 Å². The highest BCUT2D eigenvalue weighted by Crippen LogP contribution is 2.35. The highest BCUT2D eigenvalue weighted by Gasteiger charge is 2.06. The summed E-state index contributed by atoms with van der Waals surface area (Å²) in [6.45, 7) is 0. The third-order valence-corrected chi connectivity index (χ3v) is 2.91. The van der Waals surface area contributed by atoms with Gasteiger partial charge in [0, 0.05) is 15.4 Å². The Hall–Kier alpha value is -0.140. The molecule has 2 rings (SSSR count). The van der Waals surface area contributed by atoms with Crippen LogP contribution in [0.3, 0.4) is 0 Å². The molecule has 0 aliphatic rings. The molecular formula is C10H4Cl4. The van der Waals surface area contributed by atoms with Crippen molar-refractivity contribution < 1.29 is 0 Å². The molecule has 0 spiro atoms. The van der Waals surface area contributed by atoms with Crippen molar-refractivity contribution in [2.45, 2.75) is 0 Å². The summed E-state index contributed by atoms with van der Waals surface area (Å²) in [5.41, 5.74) is 0. The molecule has 0 fully saturated rings. The molecule has 0 amide bonds. The molecule has 0 atom stereocenters. The number of rotatable bonds is 0. The fraction of sp³-hybridized carbons (Fsp3) is 0. The Morgan fingerprint density at radius 2 is 1.07 bits per heavy atom. The molecule has 0 heterocycles. The molecule has 14 heavy (non-hydrogen) atoms. The van der Waals surface area contributed by atoms with E-state index < -0.39 is 0 Å². The highest BCUT2D eigenvalue weighted by atomic mass is 35.5. The van der Waals surface area contributed by atoms with E-state index >= 15 is 0 Å². The van der Waals surface area contributed by atoms with Gasteiger partial charge in [0.1, 0.15) is 0 Å². The van der Waals surface area contributed by atoms with Gasteiger partial charge in [0.05, 0.1) is 10.0 Å². The van der Waals surface area contributed by atoms with Crippen LogP contribution in [0.15, 0.2) is 24.3 Å². The smallest absolute Gasteiger partial charge is 0.0514 e. The molecule has 72 valence electrons. The lowest BCUT2D eigenvalue weighted by molar-refractivity contribution is 1.74. The zero-order valence-corrected chi connectivity index (χ0v) is 9.84. The van der Waals surface area contributed by atoms with Crippen molar-refractivity contribution in [2.75, 3.05) is 0 Å². The molecule has 0 N–H and O–H groups in total. The quantitative estimate of drug-likeness (QED) is 0.594. The first-order chi connectivity index (χ1) is 6.58. The molecule has 0 saturated carbocycles. The van der Waals surface area contributed by atoms with Crippen molar-refractivity contribution in [1.29, 1.82) is 0 Å². The van der Waals surface area contributed by atoms with Crippen LogP contribution in [0.1, 0.15) is 0 Å². The van der Waals surface area contributed by atoms with Gasteiger partial charge in [-0.3, -0.25) is 0 Å². The summed E-state index contributed by atoms with van der Waals surface area (Å²) < 4.78 is 0. The van der Waals surface area contributed by atoms with Crippen LogP contribution in [-0.2, 0) is 0 Å². The van der Waals surface area contributed by atoms with Gasteiger partial charge in [0.25, 0.3) is 0 Å². The third kappa shape index (κ3) is 1.80. The summed E-state index contributed by atoms with van der Waals surface area (Å²) >= 11 is 23.7. The highest BCUT2D eigenvalue weighted by molar-refractivity contribution is 6.44. The Morgan fingerprint density at radius 3 is 1.50 bits per heavy atom. The van der Waals surface area contributed by atoms with E-state index in [-0.39, 0.29) is 0 Å². The summed E-state index contributed by atoms with van der Waals surface area (Å²) in [6, 6.07) is 6.87. The molecule has 4 heteroatoms. The van der Waals surface area contributed by atoms with E-state index in [9.17, 15) is 0 Å². The van der Waals surface area contributed by atoms with Crippen LogP contribution in [0.4, 0.5) is 0 Å². The fourth-order valence-corrected chi connectivity index (χ4v) is 2.61. The van der Waals surface area contributed by atoms with Crippen LogP contribution >= 0.6 is 46.4 Å². The minimum Gasteiger partial charge on any atom is -0.0843 e. The normalized spacial score (nSPS) is 10.9. The monoisotopic (exact) mass is 264 g/mol. The second-order valence-electron chi connectivity index (χ2n) is 2.87. The molecule has 0 nitrogen and oxygen atoms in total. The Labute approximate surface area is 101 Å². The van der Waals surface area contributed by atoms with Crippen molar-refractivity contribution in [3.8, 4) is 0 Å². The summed E-state index contributed by atoms with van der Waals surface area (Å²) in [6.07, 6.45) is 0. The standard InChI is InChI=1S/C10H4Cl4/c11-6-1-5-2-7(12)4-9(14)10(5)8(13)3-6/h1-4H. The summed E-state index contributed by atoms with van der Waals surface area (Å²) in [5, 5.41) is 3.84. The molecular weight excluding hydrogens is 262 g/mol. The van der Waals surface area contributed by atoms with E-state index in [0.717, 1.165) is 10.8 Å². The van der Waals surface area contributed by atoms with E-state index in [1.54, 1.807) is 24.3 Å². The minimum atomic E-state index is 0.536. The Kier molecular flexibility index (Phi) is 2.81. The molecule has 0 aliphatic carbocycles. The molecule has 2 aromatic rings. The maximum Gasteiger partial charge on any atom is 0.0514 e. The Bertz CT molecular complexity index is 462. The van der Waals surface area contributed by atoms with Crippen molar-refractivity contribution in [3.05, 3.63) is 44.4 Å². The number of hydrogen-bond acceptors (Lipinski definition) is 0. The van der Waals surface area contributed by atoms with Crippen LogP contribution in [-0.4, -0.2) is 0 Å².